The van der Waals surface area contributed by atoms with Crippen molar-refractivity contribution in [2.75, 3.05) is 24.5 Å². The van der Waals surface area contributed by atoms with Gasteiger partial charge in [-0.1, -0.05) is 47.0 Å². The summed E-state index contributed by atoms with van der Waals surface area (Å²) in [6.07, 6.45) is 2.15. The first-order valence-electron chi connectivity index (χ1n) is 17.9. The van der Waals surface area contributed by atoms with Gasteiger partial charge in [0.05, 0.1) is 58.3 Å². The van der Waals surface area contributed by atoms with E-state index in [-0.39, 0.29) is 51.2 Å². The third kappa shape index (κ3) is 5.91. The molecule has 1 saturated carbocycles. The molecule has 8 rings (SSSR count). The van der Waals surface area contributed by atoms with E-state index in [9.17, 15) is 19.5 Å². The number of carbonyl (C=O) groups is 5. The number of nitrogens with one attached hydrogen (secondary N) is 1. The summed E-state index contributed by atoms with van der Waals surface area (Å²) < 4.78 is 11.8. The van der Waals surface area contributed by atoms with Crippen LogP contribution < -0.4 is 19.8 Å². The third-order valence-electron chi connectivity index (χ3n) is 11.8. The maximum atomic E-state index is 15.6. The Balaban J connectivity index is 1.35. The van der Waals surface area contributed by atoms with Crippen LogP contribution in [0.4, 0.5) is 11.4 Å². The number of imide groups is 2. The topological polar surface area (TPSA) is 143 Å². The first-order valence-corrected chi connectivity index (χ1v) is 20.3. The van der Waals surface area contributed by atoms with Crippen molar-refractivity contribution in [1.29, 1.82) is 0 Å². The average molecular weight is 938 g/mol. The SMILES string of the molecule is COc1ccc(C23C(=O)N(Nc4ccc(Cl)cc4Cl)C(=O)C2CC2C(=CCC4C(=O)N(c5ccc(C(C)=O)cc5)C(=O)C42)C3c2cc(OC)c(O)c(Br)c2Br)cc1. The number of ketones is 1. The van der Waals surface area contributed by atoms with Gasteiger partial charge in [-0.25, -0.2) is 0 Å². The Bertz CT molecular complexity index is 2440. The standard InChI is InChI=1S/C42H33Br2Cl2N3O8/c1-19(50)20-4-9-23(10-5-20)48-38(52)26-14-13-25-27(33(26)40(48)54)17-29-39(53)49(47-31-15-8-22(45)16-30(31)46)41(55)42(29,21-6-11-24(56-2)12-7-21)34(25)28-18-32(57-3)37(51)36(44)35(28)43/h4-13,15-16,18,26-27,29,33-34,47,51H,14,17H2,1-3H3. The highest BCUT2D eigenvalue weighted by atomic mass is 79.9. The number of carbonyl (C=O) groups excluding carboxylic acids is 5. The zero-order valence-electron chi connectivity index (χ0n) is 30.5. The van der Waals surface area contributed by atoms with Crippen LogP contribution in [0.25, 0.3) is 0 Å². The number of aromatic hydroxyl groups is 1. The van der Waals surface area contributed by atoms with Crippen molar-refractivity contribution in [3.8, 4) is 17.2 Å². The van der Waals surface area contributed by atoms with Crippen molar-refractivity contribution in [1.82, 2.24) is 5.01 Å². The van der Waals surface area contributed by atoms with E-state index in [0.717, 1.165) is 5.01 Å². The van der Waals surface area contributed by atoms with Crippen molar-refractivity contribution < 1.29 is 38.6 Å². The molecule has 2 saturated heterocycles. The molecular formula is C42H33Br2Cl2N3O8. The summed E-state index contributed by atoms with van der Waals surface area (Å²) >= 11 is 20.0. The van der Waals surface area contributed by atoms with Crippen molar-refractivity contribution in [3.63, 3.8) is 0 Å². The Kier molecular flexibility index (Phi) is 10.0. The molecule has 11 nitrogen and oxygen atoms in total. The molecule has 4 aromatic carbocycles. The molecule has 4 aliphatic rings. The first-order chi connectivity index (χ1) is 27.2. The minimum absolute atomic E-state index is 0.0385. The number of methoxy groups -OCH3 is 2. The van der Waals surface area contributed by atoms with Crippen LogP contribution in [0.1, 0.15) is 47.2 Å². The van der Waals surface area contributed by atoms with E-state index in [1.165, 1.54) is 32.1 Å². The van der Waals surface area contributed by atoms with Crippen LogP contribution >= 0.6 is 55.1 Å². The van der Waals surface area contributed by atoms with Gasteiger partial charge < -0.3 is 14.6 Å². The van der Waals surface area contributed by atoms with Gasteiger partial charge in [0.25, 0.3) is 11.8 Å². The van der Waals surface area contributed by atoms with E-state index < -0.39 is 52.7 Å². The van der Waals surface area contributed by atoms with Crippen LogP contribution in [0.3, 0.4) is 0 Å². The lowest BCUT2D eigenvalue weighted by atomic mass is 9.49. The van der Waals surface area contributed by atoms with Gasteiger partial charge in [0.1, 0.15) is 5.75 Å². The van der Waals surface area contributed by atoms with E-state index in [1.54, 1.807) is 66.7 Å². The van der Waals surface area contributed by atoms with Crippen molar-refractivity contribution >= 4 is 95.8 Å². The molecular weight excluding hydrogens is 905 g/mol. The molecule has 3 fully saturated rings. The van der Waals surface area contributed by atoms with Crippen LogP contribution in [-0.2, 0) is 24.6 Å². The zero-order chi connectivity index (χ0) is 40.7. The van der Waals surface area contributed by atoms with Crippen LogP contribution in [0.2, 0.25) is 10.0 Å². The zero-order valence-corrected chi connectivity index (χ0v) is 35.2. The molecule has 4 aromatic rings. The normalized spacial score (nSPS) is 25.2. The molecule has 0 spiro atoms. The summed E-state index contributed by atoms with van der Waals surface area (Å²) in [4.78, 5) is 72.7. The molecule has 6 atom stereocenters. The minimum Gasteiger partial charge on any atom is -0.503 e. The lowest BCUT2D eigenvalue weighted by Crippen LogP contribution is -2.53. The number of Topliss-reactive ketones (excluding diaryl/α,β-unsaturated/α-hetero) is 1. The van der Waals surface area contributed by atoms with Crippen molar-refractivity contribution in [2.24, 2.45) is 23.7 Å². The fourth-order valence-corrected chi connectivity index (χ4v) is 10.7. The monoisotopic (exact) mass is 935 g/mol. The Hall–Kier alpha value is -4.69. The number of allylic oxidation sites excluding steroid dienone is 2. The number of hydrogen-bond acceptors (Lipinski definition) is 9. The van der Waals surface area contributed by atoms with E-state index in [1.807, 2.05) is 6.08 Å². The second kappa shape index (κ2) is 14.6. The smallest absolute Gasteiger partial charge is 0.260 e. The molecule has 6 unspecified atom stereocenters. The van der Waals surface area contributed by atoms with Crippen LogP contribution in [0.15, 0.2) is 93.4 Å². The van der Waals surface area contributed by atoms with Gasteiger partial charge in [0, 0.05) is 21.0 Å². The molecule has 0 radical (unpaired) electrons. The number of phenolic OH excluding ortho intramolecular Hbond substituents is 1. The number of ether oxygens (including phenoxy) is 2. The highest BCUT2D eigenvalue weighted by Gasteiger charge is 2.70. The Morgan fingerprint density at radius 2 is 1.58 bits per heavy atom. The fourth-order valence-electron chi connectivity index (χ4n) is 9.27. The van der Waals surface area contributed by atoms with Crippen molar-refractivity contribution in [2.45, 2.75) is 31.1 Å². The Labute approximate surface area is 354 Å². The van der Waals surface area contributed by atoms with Gasteiger partial charge in [-0.15, -0.1) is 0 Å². The number of hydrogen-bond donors (Lipinski definition) is 2. The molecule has 2 aliphatic carbocycles. The van der Waals surface area contributed by atoms with Crippen LogP contribution in [0, 0.1) is 23.7 Å². The number of hydrazine groups is 1. The van der Waals surface area contributed by atoms with Crippen molar-refractivity contribution in [3.05, 3.63) is 120 Å². The molecule has 0 bridgehead atoms. The third-order valence-corrected chi connectivity index (χ3v) is 14.5. The molecule has 15 heteroatoms. The highest BCUT2D eigenvalue weighted by Crippen LogP contribution is 2.66. The summed E-state index contributed by atoms with van der Waals surface area (Å²) in [6.45, 7) is 1.44. The maximum absolute atomic E-state index is 15.6. The Morgan fingerprint density at radius 3 is 2.21 bits per heavy atom. The van der Waals surface area contributed by atoms with Gasteiger partial charge in [-0.05, 0) is 129 Å². The largest absolute Gasteiger partial charge is 0.503 e. The molecule has 292 valence electrons. The average Bonchev–Trinajstić information content (AvgIpc) is 3.58. The second-order valence-corrected chi connectivity index (χ2v) is 16.9. The summed E-state index contributed by atoms with van der Waals surface area (Å²) in [5.74, 6) is -6.02. The minimum atomic E-state index is -1.65. The number of amides is 4. The molecule has 57 heavy (non-hydrogen) atoms. The number of fused-ring (bicyclic) bond motifs is 4. The molecule has 4 amide bonds. The number of nitrogens with zero attached hydrogens (tertiary/aromatic N) is 2. The lowest BCUT2D eigenvalue weighted by molar-refractivity contribution is -0.138. The number of rotatable bonds is 8. The lowest BCUT2D eigenvalue weighted by Gasteiger charge is -2.51. The van der Waals surface area contributed by atoms with E-state index in [2.05, 4.69) is 37.3 Å². The highest BCUT2D eigenvalue weighted by molar-refractivity contribution is 9.13. The maximum Gasteiger partial charge on any atom is 0.260 e. The first kappa shape index (κ1) is 39.2. The Morgan fingerprint density at radius 1 is 0.877 bits per heavy atom. The molecule has 2 heterocycles. The predicted molar refractivity (Wildman–Crippen MR) is 220 cm³/mol. The molecule has 0 aromatic heterocycles. The van der Waals surface area contributed by atoms with Crippen LogP contribution in [-0.4, -0.2) is 53.7 Å². The molecule has 2 N–H and O–H groups in total. The van der Waals surface area contributed by atoms with E-state index in [4.69, 9.17) is 32.7 Å². The second-order valence-electron chi connectivity index (χ2n) is 14.5. The summed E-state index contributed by atoms with van der Waals surface area (Å²) in [7, 11) is 2.93. The quantitative estimate of drug-likeness (QED) is 0.101. The number of phenols is 1. The van der Waals surface area contributed by atoms with E-state index >= 15 is 9.59 Å². The van der Waals surface area contributed by atoms with Gasteiger partial charge in [-0.3, -0.25) is 34.3 Å². The van der Waals surface area contributed by atoms with Gasteiger partial charge in [0.2, 0.25) is 11.8 Å². The van der Waals surface area contributed by atoms with Gasteiger partial charge in [-0.2, -0.15) is 5.01 Å². The van der Waals surface area contributed by atoms with Gasteiger partial charge in [0.15, 0.2) is 17.3 Å². The number of halogens is 4. The summed E-state index contributed by atoms with van der Waals surface area (Å²) in [6, 6.07) is 19.5. The van der Waals surface area contributed by atoms with Gasteiger partial charge >= 0.3 is 0 Å². The fraction of sp³-hybridized carbons (Fsp3) is 0.262. The van der Waals surface area contributed by atoms with Crippen LogP contribution in [0.5, 0.6) is 17.2 Å². The molecule has 2 aliphatic heterocycles. The van der Waals surface area contributed by atoms with E-state index in [0.29, 0.717) is 43.2 Å². The summed E-state index contributed by atoms with van der Waals surface area (Å²) in [5, 5.41) is 12.6. The predicted octanol–water partition coefficient (Wildman–Crippen LogP) is 8.63. The summed E-state index contributed by atoms with van der Waals surface area (Å²) in [5.41, 5.74) is 4.05. The number of anilines is 2. The number of benzene rings is 4.